The smallest absolute Gasteiger partial charge is 0.380 e. The lowest BCUT2D eigenvalue weighted by Crippen LogP contribution is -2.61. The Labute approximate surface area is 203 Å². The maximum absolute atomic E-state index is 13.7. The molecule has 6 nitrogen and oxygen atoms in total. The summed E-state index contributed by atoms with van der Waals surface area (Å²) in [4.78, 5) is 30.2. The molecule has 0 atom stereocenters. The Bertz CT molecular complexity index is 919. The number of amides is 2. The van der Waals surface area contributed by atoms with Crippen molar-refractivity contribution in [2.24, 2.45) is 5.41 Å². The molecule has 1 aromatic rings. The molecule has 1 N–H and O–H groups in total. The first-order valence-electron chi connectivity index (χ1n) is 11.9. The van der Waals surface area contributed by atoms with Crippen molar-refractivity contribution in [3.63, 3.8) is 0 Å². The molecule has 34 heavy (non-hydrogen) atoms. The van der Waals surface area contributed by atoms with Gasteiger partial charge in [0.15, 0.2) is 0 Å². The first-order chi connectivity index (χ1) is 16.0. The van der Waals surface area contributed by atoms with Crippen LogP contribution in [0.25, 0.3) is 0 Å². The molecule has 10 heteroatoms. The second-order valence-electron chi connectivity index (χ2n) is 10.00. The minimum Gasteiger partial charge on any atom is -0.380 e. The van der Waals surface area contributed by atoms with Crippen molar-refractivity contribution in [3.05, 3.63) is 28.8 Å². The van der Waals surface area contributed by atoms with Crippen LogP contribution in [0, 0.1) is 5.41 Å². The predicted octanol–water partition coefficient (Wildman–Crippen LogP) is 4.25. The van der Waals surface area contributed by atoms with E-state index >= 15 is 0 Å². The van der Waals surface area contributed by atoms with Gasteiger partial charge in [-0.1, -0.05) is 24.4 Å². The summed E-state index contributed by atoms with van der Waals surface area (Å²) in [6.45, 7) is 2.40. The number of carbonyl (C=O) groups is 2. The van der Waals surface area contributed by atoms with E-state index in [0.717, 1.165) is 18.8 Å². The van der Waals surface area contributed by atoms with Gasteiger partial charge in [0.05, 0.1) is 16.6 Å². The summed E-state index contributed by atoms with van der Waals surface area (Å²) >= 11 is 6.29. The molecule has 2 saturated heterocycles. The quantitative estimate of drug-likeness (QED) is 0.656. The Morgan fingerprint density at radius 3 is 2.26 bits per heavy atom. The number of hydrogen-bond acceptors (Lipinski definition) is 4. The van der Waals surface area contributed by atoms with Gasteiger partial charge in [0.2, 0.25) is 5.91 Å². The standard InChI is InChI=1S/C24H32ClF3N4O2/c1-30(2)21(33)19-6-5-16(13-20(19)25)29-17-14-32(15-17)18-7-11-31(12-8-18)22(34)23(24(26,27)28)9-3-4-10-23/h5-6,13,17-18,29H,3-4,7-12,14-15H2,1-2H3. The number of carbonyl (C=O) groups excluding carboxylic acids is 2. The second-order valence-corrected chi connectivity index (χ2v) is 10.4. The molecule has 0 unspecified atom stereocenters. The number of benzene rings is 1. The van der Waals surface area contributed by atoms with Gasteiger partial charge in [0.25, 0.3) is 5.91 Å². The number of hydrogen-bond donors (Lipinski definition) is 1. The van der Waals surface area contributed by atoms with Gasteiger partial charge in [-0.3, -0.25) is 14.5 Å². The molecule has 1 aromatic carbocycles. The van der Waals surface area contributed by atoms with Crippen molar-refractivity contribution in [1.29, 1.82) is 0 Å². The Hall–Kier alpha value is -2.00. The summed E-state index contributed by atoms with van der Waals surface area (Å²) < 4.78 is 41.2. The lowest BCUT2D eigenvalue weighted by Gasteiger charge is -2.48. The highest BCUT2D eigenvalue weighted by atomic mass is 35.5. The van der Waals surface area contributed by atoms with Crippen molar-refractivity contribution in [1.82, 2.24) is 14.7 Å². The van der Waals surface area contributed by atoms with E-state index in [1.54, 1.807) is 26.2 Å². The van der Waals surface area contributed by atoms with Gasteiger partial charge in [-0.05, 0) is 43.9 Å². The number of rotatable bonds is 5. The normalized spacial score (nSPS) is 21.9. The molecule has 2 heterocycles. The summed E-state index contributed by atoms with van der Waals surface area (Å²) in [6.07, 6.45) is -2.33. The fourth-order valence-corrected chi connectivity index (χ4v) is 5.75. The van der Waals surface area contributed by atoms with Gasteiger partial charge in [-0.25, -0.2) is 0 Å². The van der Waals surface area contributed by atoms with E-state index in [0.29, 0.717) is 49.4 Å². The lowest BCUT2D eigenvalue weighted by atomic mass is 9.83. The van der Waals surface area contributed by atoms with E-state index in [4.69, 9.17) is 11.6 Å². The van der Waals surface area contributed by atoms with Crippen LogP contribution in [0.3, 0.4) is 0 Å². The first kappa shape index (κ1) is 25.1. The number of alkyl halides is 3. The maximum Gasteiger partial charge on any atom is 0.403 e. The van der Waals surface area contributed by atoms with Crippen LogP contribution in [0.4, 0.5) is 18.9 Å². The number of halogens is 4. The zero-order valence-electron chi connectivity index (χ0n) is 19.6. The van der Waals surface area contributed by atoms with Crippen molar-refractivity contribution in [2.75, 3.05) is 45.6 Å². The average Bonchev–Trinajstić information content (AvgIpc) is 3.27. The van der Waals surface area contributed by atoms with Crippen LogP contribution in [0.1, 0.15) is 48.9 Å². The Balaban J connectivity index is 1.26. The van der Waals surface area contributed by atoms with Gasteiger partial charge in [-0.15, -0.1) is 0 Å². The molecular weight excluding hydrogens is 469 g/mol. The molecule has 188 valence electrons. The largest absolute Gasteiger partial charge is 0.403 e. The predicted molar refractivity (Wildman–Crippen MR) is 125 cm³/mol. The van der Waals surface area contributed by atoms with Crippen LogP contribution in [0.5, 0.6) is 0 Å². The molecular formula is C24H32ClF3N4O2. The third-order valence-corrected chi connectivity index (χ3v) is 7.88. The Kier molecular flexibility index (Phi) is 7.06. The minimum atomic E-state index is -4.48. The number of piperidine rings is 1. The third-order valence-electron chi connectivity index (χ3n) is 7.56. The summed E-state index contributed by atoms with van der Waals surface area (Å²) in [5, 5.41) is 3.83. The topological polar surface area (TPSA) is 55.9 Å². The molecule has 3 fully saturated rings. The molecule has 0 spiro atoms. The van der Waals surface area contributed by atoms with Gasteiger partial charge in [0, 0.05) is 52.0 Å². The molecule has 0 aromatic heterocycles. The highest BCUT2D eigenvalue weighted by molar-refractivity contribution is 6.34. The van der Waals surface area contributed by atoms with E-state index in [1.165, 1.54) is 9.80 Å². The summed E-state index contributed by atoms with van der Waals surface area (Å²) in [5.74, 6) is -0.863. The van der Waals surface area contributed by atoms with Crippen LogP contribution in [0.15, 0.2) is 18.2 Å². The highest BCUT2D eigenvalue weighted by Gasteiger charge is 2.62. The fourth-order valence-electron chi connectivity index (χ4n) is 5.49. The molecule has 2 amide bonds. The zero-order chi connectivity index (χ0) is 24.7. The van der Waals surface area contributed by atoms with Crippen LogP contribution >= 0.6 is 11.6 Å². The van der Waals surface area contributed by atoms with Crippen LogP contribution < -0.4 is 5.32 Å². The third kappa shape index (κ3) is 4.73. The monoisotopic (exact) mass is 500 g/mol. The zero-order valence-corrected chi connectivity index (χ0v) is 20.4. The van der Waals surface area contributed by atoms with Crippen molar-refractivity contribution >= 4 is 29.1 Å². The van der Waals surface area contributed by atoms with Crippen LogP contribution in [0.2, 0.25) is 5.02 Å². The summed E-state index contributed by atoms with van der Waals surface area (Å²) in [6, 6.07) is 5.82. The van der Waals surface area contributed by atoms with Gasteiger partial charge >= 0.3 is 6.18 Å². The van der Waals surface area contributed by atoms with Crippen molar-refractivity contribution in [2.45, 2.75) is 56.8 Å². The highest BCUT2D eigenvalue weighted by Crippen LogP contribution is 2.51. The van der Waals surface area contributed by atoms with E-state index in [9.17, 15) is 22.8 Å². The SMILES string of the molecule is CN(C)C(=O)c1ccc(NC2CN(C3CCN(C(=O)C4(C(F)(F)F)CCCC4)CC3)C2)cc1Cl. The molecule has 1 aliphatic carbocycles. The molecule has 4 rings (SSSR count). The Morgan fingerprint density at radius 2 is 1.74 bits per heavy atom. The number of nitrogens with zero attached hydrogens (tertiary/aromatic N) is 3. The number of likely N-dealkylation sites (tertiary alicyclic amines) is 2. The molecule has 3 aliphatic rings. The molecule has 0 bridgehead atoms. The van der Waals surface area contributed by atoms with Crippen LogP contribution in [-0.4, -0.2) is 85.0 Å². The van der Waals surface area contributed by atoms with E-state index in [1.807, 2.05) is 6.07 Å². The van der Waals surface area contributed by atoms with E-state index < -0.39 is 17.5 Å². The van der Waals surface area contributed by atoms with E-state index in [2.05, 4.69) is 10.2 Å². The number of nitrogens with one attached hydrogen (secondary N) is 1. The lowest BCUT2D eigenvalue weighted by molar-refractivity contribution is -0.226. The number of anilines is 1. The van der Waals surface area contributed by atoms with Gasteiger partial charge in [0.1, 0.15) is 5.41 Å². The van der Waals surface area contributed by atoms with E-state index in [-0.39, 0.29) is 30.8 Å². The van der Waals surface area contributed by atoms with Gasteiger partial charge in [-0.2, -0.15) is 13.2 Å². The maximum atomic E-state index is 13.7. The van der Waals surface area contributed by atoms with Crippen molar-refractivity contribution < 1.29 is 22.8 Å². The Morgan fingerprint density at radius 1 is 1.12 bits per heavy atom. The fraction of sp³-hybridized carbons (Fsp3) is 0.667. The molecule has 2 aliphatic heterocycles. The molecule has 0 radical (unpaired) electrons. The minimum absolute atomic E-state index is 0.0803. The summed E-state index contributed by atoms with van der Waals surface area (Å²) in [5.41, 5.74) is -0.863. The molecule has 1 saturated carbocycles. The average molecular weight is 501 g/mol. The first-order valence-corrected chi connectivity index (χ1v) is 12.3. The summed E-state index contributed by atoms with van der Waals surface area (Å²) in [7, 11) is 3.36. The second kappa shape index (κ2) is 9.57. The van der Waals surface area contributed by atoms with Crippen LogP contribution in [-0.2, 0) is 4.79 Å². The van der Waals surface area contributed by atoms with Gasteiger partial charge < -0.3 is 15.1 Å². The van der Waals surface area contributed by atoms with Crippen molar-refractivity contribution in [3.8, 4) is 0 Å².